The van der Waals surface area contributed by atoms with Gasteiger partial charge in [0.2, 0.25) is 5.91 Å². The molecule has 3 amide bonds. The number of amides is 3. The highest BCUT2D eigenvalue weighted by atomic mass is 16.2. The van der Waals surface area contributed by atoms with Gasteiger partial charge in [0.15, 0.2) is 0 Å². The van der Waals surface area contributed by atoms with Crippen molar-refractivity contribution in [3.63, 3.8) is 0 Å². The first-order valence-electron chi connectivity index (χ1n) is 10.1. The van der Waals surface area contributed by atoms with Crippen LogP contribution >= 0.6 is 0 Å². The Labute approximate surface area is 178 Å². The van der Waals surface area contributed by atoms with Crippen molar-refractivity contribution in [2.75, 3.05) is 5.32 Å². The Kier molecular flexibility index (Phi) is 7.75. The zero-order valence-electron chi connectivity index (χ0n) is 18.3. The van der Waals surface area contributed by atoms with Crippen molar-refractivity contribution in [3.8, 4) is 0 Å². The van der Waals surface area contributed by atoms with E-state index in [1.807, 2.05) is 58.9 Å². The third-order valence-electron chi connectivity index (χ3n) is 4.16. The summed E-state index contributed by atoms with van der Waals surface area (Å²) in [6.45, 7) is 10.1. The van der Waals surface area contributed by atoms with Crippen LogP contribution in [-0.4, -0.2) is 23.3 Å². The van der Waals surface area contributed by atoms with Crippen molar-refractivity contribution < 1.29 is 14.4 Å². The summed E-state index contributed by atoms with van der Waals surface area (Å²) in [6.07, 6.45) is 0.463. The first-order valence-corrected chi connectivity index (χ1v) is 10.1. The number of anilines is 1. The number of hydrogen-bond donors (Lipinski definition) is 3. The summed E-state index contributed by atoms with van der Waals surface area (Å²) in [7, 11) is 0. The molecule has 0 aliphatic heterocycles. The van der Waals surface area contributed by atoms with E-state index in [1.54, 1.807) is 24.3 Å². The molecular weight excluding hydrogens is 378 g/mol. The molecule has 2 aromatic carbocycles. The van der Waals surface area contributed by atoms with Crippen LogP contribution in [-0.2, 0) is 11.3 Å². The minimum atomic E-state index is -0.323. The number of carbonyl (C=O) groups is 3. The molecule has 0 spiro atoms. The number of hydrogen-bond acceptors (Lipinski definition) is 3. The topological polar surface area (TPSA) is 87.3 Å². The lowest BCUT2D eigenvalue weighted by atomic mass is 10.1. The fourth-order valence-corrected chi connectivity index (χ4v) is 2.81. The normalized spacial score (nSPS) is 11.1. The van der Waals surface area contributed by atoms with Crippen molar-refractivity contribution >= 4 is 23.4 Å². The smallest absolute Gasteiger partial charge is 0.251 e. The summed E-state index contributed by atoms with van der Waals surface area (Å²) in [6, 6.07) is 13.9. The van der Waals surface area contributed by atoms with Gasteiger partial charge < -0.3 is 16.0 Å². The van der Waals surface area contributed by atoms with Gasteiger partial charge in [-0.2, -0.15) is 0 Å². The van der Waals surface area contributed by atoms with Crippen molar-refractivity contribution in [2.45, 2.75) is 53.1 Å². The van der Waals surface area contributed by atoms with Crippen LogP contribution in [0.5, 0.6) is 0 Å². The SMILES string of the molecule is CC(C)CC(=O)Nc1cccc(CNC(=O)c2ccc(C(=O)NC(C)(C)C)cc2)c1. The van der Waals surface area contributed by atoms with Gasteiger partial charge in [0, 0.05) is 35.3 Å². The Hall–Kier alpha value is -3.15. The molecule has 6 heteroatoms. The first-order chi connectivity index (χ1) is 14.0. The summed E-state index contributed by atoms with van der Waals surface area (Å²) in [4.78, 5) is 36.5. The molecule has 2 rings (SSSR count). The number of carbonyl (C=O) groups excluding carboxylic acids is 3. The van der Waals surface area contributed by atoms with E-state index in [-0.39, 0.29) is 23.3 Å². The lowest BCUT2D eigenvalue weighted by molar-refractivity contribution is -0.116. The van der Waals surface area contributed by atoms with Gasteiger partial charge in [-0.1, -0.05) is 26.0 Å². The predicted octanol–water partition coefficient (Wildman–Crippen LogP) is 4.13. The van der Waals surface area contributed by atoms with Gasteiger partial charge >= 0.3 is 0 Å². The maximum atomic E-state index is 12.4. The highest BCUT2D eigenvalue weighted by molar-refractivity contribution is 5.98. The molecule has 160 valence electrons. The summed E-state index contributed by atoms with van der Waals surface area (Å²) in [5.41, 5.74) is 2.25. The van der Waals surface area contributed by atoms with Crippen LogP contribution in [0.4, 0.5) is 5.69 Å². The van der Waals surface area contributed by atoms with Crippen LogP contribution in [0.3, 0.4) is 0 Å². The molecule has 0 aromatic heterocycles. The molecule has 30 heavy (non-hydrogen) atoms. The van der Waals surface area contributed by atoms with Gasteiger partial charge in [-0.25, -0.2) is 0 Å². The van der Waals surface area contributed by atoms with Crippen LogP contribution in [0.2, 0.25) is 0 Å². The molecule has 0 radical (unpaired) electrons. The van der Waals surface area contributed by atoms with Crippen LogP contribution in [0, 0.1) is 5.92 Å². The second-order valence-electron chi connectivity index (χ2n) is 8.81. The van der Waals surface area contributed by atoms with Gasteiger partial charge in [-0.05, 0) is 68.7 Å². The second kappa shape index (κ2) is 10.1. The zero-order chi connectivity index (χ0) is 22.3. The molecule has 0 fully saturated rings. The lowest BCUT2D eigenvalue weighted by Gasteiger charge is -2.20. The van der Waals surface area contributed by atoms with Crippen LogP contribution in [0.1, 0.15) is 67.3 Å². The van der Waals surface area contributed by atoms with Crippen LogP contribution < -0.4 is 16.0 Å². The van der Waals surface area contributed by atoms with Gasteiger partial charge in [-0.15, -0.1) is 0 Å². The number of benzene rings is 2. The van der Waals surface area contributed by atoms with Gasteiger partial charge in [0.25, 0.3) is 11.8 Å². The van der Waals surface area contributed by atoms with E-state index in [4.69, 9.17) is 0 Å². The monoisotopic (exact) mass is 409 g/mol. The van der Waals surface area contributed by atoms with E-state index >= 15 is 0 Å². The summed E-state index contributed by atoms with van der Waals surface area (Å²) in [5.74, 6) is -0.141. The minimum Gasteiger partial charge on any atom is -0.348 e. The molecule has 0 unspecified atom stereocenters. The quantitative estimate of drug-likeness (QED) is 0.643. The third kappa shape index (κ3) is 7.70. The summed E-state index contributed by atoms with van der Waals surface area (Å²) >= 11 is 0. The fraction of sp³-hybridized carbons (Fsp3) is 0.375. The maximum absolute atomic E-state index is 12.4. The molecule has 0 aliphatic carbocycles. The number of rotatable bonds is 7. The van der Waals surface area contributed by atoms with Crippen LogP contribution in [0.15, 0.2) is 48.5 Å². The van der Waals surface area contributed by atoms with Crippen molar-refractivity contribution in [2.24, 2.45) is 5.92 Å². The Bertz CT molecular complexity index is 897. The summed E-state index contributed by atoms with van der Waals surface area (Å²) in [5, 5.41) is 8.63. The first kappa shape index (κ1) is 23.1. The van der Waals surface area contributed by atoms with E-state index in [9.17, 15) is 14.4 Å². The lowest BCUT2D eigenvalue weighted by Crippen LogP contribution is -2.40. The Morgan fingerprint density at radius 3 is 2.07 bits per heavy atom. The average molecular weight is 410 g/mol. The molecular formula is C24H31N3O3. The molecule has 0 saturated carbocycles. The minimum absolute atomic E-state index is 0.0261. The Morgan fingerprint density at radius 2 is 1.50 bits per heavy atom. The van der Waals surface area contributed by atoms with E-state index in [0.29, 0.717) is 35.7 Å². The molecule has 0 bridgehead atoms. The second-order valence-corrected chi connectivity index (χ2v) is 8.81. The van der Waals surface area contributed by atoms with E-state index in [2.05, 4.69) is 16.0 Å². The van der Waals surface area contributed by atoms with E-state index < -0.39 is 0 Å². The zero-order valence-corrected chi connectivity index (χ0v) is 18.3. The maximum Gasteiger partial charge on any atom is 0.251 e. The third-order valence-corrected chi connectivity index (χ3v) is 4.16. The van der Waals surface area contributed by atoms with E-state index in [1.165, 1.54) is 0 Å². The summed E-state index contributed by atoms with van der Waals surface area (Å²) < 4.78 is 0. The molecule has 3 N–H and O–H groups in total. The highest BCUT2D eigenvalue weighted by Crippen LogP contribution is 2.13. The average Bonchev–Trinajstić information content (AvgIpc) is 2.64. The van der Waals surface area contributed by atoms with Crippen molar-refractivity contribution in [3.05, 3.63) is 65.2 Å². The Balaban J connectivity index is 1.93. The van der Waals surface area contributed by atoms with Gasteiger partial charge in [0.1, 0.15) is 0 Å². The van der Waals surface area contributed by atoms with E-state index in [0.717, 1.165) is 5.56 Å². The molecule has 2 aromatic rings. The molecule has 0 saturated heterocycles. The number of nitrogens with one attached hydrogen (secondary N) is 3. The van der Waals surface area contributed by atoms with Gasteiger partial charge in [-0.3, -0.25) is 14.4 Å². The van der Waals surface area contributed by atoms with Gasteiger partial charge in [0.05, 0.1) is 0 Å². The molecule has 0 aliphatic rings. The Morgan fingerprint density at radius 1 is 0.900 bits per heavy atom. The standard InChI is InChI=1S/C24H31N3O3/c1-16(2)13-21(28)26-20-8-6-7-17(14-20)15-25-22(29)18-9-11-19(12-10-18)23(30)27-24(3,4)5/h6-12,14,16H,13,15H2,1-5H3,(H,25,29)(H,26,28)(H,27,30). The molecule has 0 heterocycles. The molecule has 6 nitrogen and oxygen atoms in total. The highest BCUT2D eigenvalue weighted by Gasteiger charge is 2.15. The fourth-order valence-electron chi connectivity index (χ4n) is 2.81. The van der Waals surface area contributed by atoms with Crippen molar-refractivity contribution in [1.82, 2.24) is 10.6 Å². The van der Waals surface area contributed by atoms with Crippen LogP contribution in [0.25, 0.3) is 0 Å². The molecule has 0 atom stereocenters. The predicted molar refractivity (Wildman–Crippen MR) is 119 cm³/mol. The van der Waals surface area contributed by atoms with Crippen molar-refractivity contribution in [1.29, 1.82) is 0 Å². The largest absolute Gasteiger partial charge is 0.348 e.